The number of aliphatic hydroxyl groups is 1. The second kappa shape index (κ2) is 7.25. The van der Waals surface area contributed by atoms with Crippen LogP contribution in [0.2, 0.25) is 5.02 Å². The molecule has 1 rings (SSSR count). The van der Waals surface area contributed by atoms with Crippen molar-refractivity contribution in [3.63, 3.8) is 0 Å². The first-order chi connectivity index (χ1) is 8.83. The van der Waals surface area contributed by atoms with Crippen LogP contribution in [0.5, 0.6) is 0 Å². The first-order valence-corrected chi connectivity index (χ1v) is 7.04. The number of rotatable bonds is 7. The van der Waals surface area contributed by atoms with Gasteiger partial charge in [0.2, 0.25) is 0 Å². The summed E-state index contributed by atoms with van der Waals surface area (Å²) in [5, 5.41) is 13.9. The van der Waals surface area contributed by atoms with Crippen LogP contribution < -0.4 is 5.32 Å². The van der Waals surface area contributed by atoms with Gasteiger partial charge in [-0.2, -0.15) is 0 Å². The molecule has 4 heteroatoms. The Kier molecular flexibility index (Phi) is 6.27. The van der Waals surface area contributed by atoms with E-state index in [0.29, 0.717) is 6.54 Å². The van der Waals surface area contributed by atoms with Crippen LogP contribution in [0.4, 0.5) is 0 Å². The monoisotopic (exact) mass is 284 g/mol. The van der Waals surface area contributed by atoms with Crippen molar-refractivity contribution in [3.8, 4) is 0 Å². The van der Waals surface area contributed by atoms with E-state index in [-0.39, 0.29) is 6.04 Å². The minimum absolute atomic E-state index is 0.234. The van der Waals surface area contributed by atoms with Crippen molar-refractivity contribution in [3.05, 3.63) is 34.9 Å². The molecule has 1 unspecified atom stereocenters. The molecule has 0 heterocycles. The van der Waals surface area contributed by atoms with E-state index in [2.05, 4.69) is 16.3 Å². The first-order valence-electron chi connectivity index (χ1n) is 6.66. The molecule has 0 spiro atoms. The predicted octanol–water partition coefficient (Wildman–Crippen LogP) is 2.69. The van der Waals surface area contributed by atoms with Gasteiger partial charge in [0.05, 0.1) is 5.60 Å². The molecule has 0 saturated heterocycles. The fourth-order valence-corrected chi connectivity index (χ4v) is 2.57. The molecule has 0 aliphatic carbocycles. The van der Waals surface area contributed by atoms with Crippen molar-refractivity contribution in [1.82, 2.24) is 10.2 Å². The lowest BCUT2D eigenvalue weighted by molar-refractivity contribution is 0.0436. The Hall–Kier alpha value is -0.610. The molecule has 0 aliphatic rings. The standard InChI is InChI=1S/C15H25ClN2O/c1-15(2,19)11-18(4)10-9-14(17-3)12-7-5-6-8-13(12)16/h5-8,14,17,19H,9-11H2,1-4H3. The third kappa shape index (κ3) is 5.91. The maximum atomic E-state index is 9.79. The van der Waals surface area contributed by atoms with Gasteiger partial charge in [-0.15, -0.1) is 0 Å². The van der Waals surface area contributed by atoms with E-state index in [1.54, 1.807) is 0 Å². The van der Waals surface area contributed by atoms with Crippen molar-refractivity contribution in [2.75, 3.05) is 27.2 Å². The summed E-state index contributed by atoms with van der Waals surface area (Å²) in [6, 6.07) is 8.16. The summed E-state index contributed by atoms with van der Waals surface area (Å²) in [5.41, 5.74) is 0.470. The average molecular weight is 285 g/mol. The van der Waals surface area contributed by atoms with Gasteiger partial charge in [-0.3, -0.25) is 0 Å². The molecule has 19 heavy (non-hydrogen) atoms. The second-order valence-electron chi connectivity index (χ2n) is 5.70. The van der Waals surface area contributed by atoms with Crippen LogP contribution in [0.25, 0.3) is 0 Å². The number of nitrogens with one attached hydrogen (secondary N) is 1. The molecule has 2 N–H and O–H groups in total. The van der Waals surface area contributed by atoms with Gasteiger partial charge in [-0.25, -0.2) is 0 Å². The van der Waals surface area contributed by atoms with Crippen molar-refractivity contribution < 1.29 is 5.11 Å². The molecule has 0 aliphatic heterocycles. The van der Waals surface area contributed by atoms with Crippen LogP contribution in [0, 0.1) is 0 Å². The van der Waals surface area contributed by atoms with Gasteiger partial charge in [-0.1, -0.05) is 29.8 Å². The molecule has 108 valence electrons. The van der Waals surface area contributed by atoms with Gasteiger partial charge < -0.3 is 15.3 Å². The lowest BCUT2D eigenvalue weighted by Crippen LogP contribution is -2.37. The van der Waals surface area contributed by atoms with E-state index >= 15 is 0 Å². The Morgan fingerprint density at radius 3 is 2.53 bits per heavy atom. The Labute approximate surface area is 121 Å². The predicted molar refractivity (Wildman–Crippen MR) is 81.7 cm³/mol. The zero-order valence-electron chi connectivity index (χ0n) is 12.3. The van der Waals surface area contributed by atoms with Gasteiger partial charge in [-0.05, 0) is 52.5 Å². The molecule has 3 nitrogen and oxygen atoms in total. The highest BCUT2D eigenvalue weighted by molar-refractivity contribution is 6.31. The normalized spacial score (nSPS) is 13.8. The van der Waals surface area contributed by atoms with Crippen LogP contribution in [0.1, 0.15) is 31.9 Å². The third-order valence-corrected chi connectivity index (χ3v) is 3.43. The number of likely N-dealkylation sites (N-methyl/N-ethyl adjacent to an activating group) is 1. The van der Waals surface area contributed by atoms with E-state index in [0.717, 1.165) is 23.6 Å². The molecule has 0 aromatic heterocycles. The molecule has 0 bridgehead atoms. The molecule has 0 saturated carbocycles. The topological polar surface area (TPSA) is 35.5 Å². The quantitative estimate of drug-likeness (QED) is 0.808. The molecule has 0 amide bonds. The molecule has 1 atom stereocenters. The zero-order chi connectivity index (χ0) is 14.5. The third-order valence-electron chi connectivity index (χ3n) is 3.09. The Morgan fingerprint density at radius 2 is 2.00 bits per heavy atom. The fraction of sp³-hybridized carbons (Fsp3) is 0.600. The van der Waals surface area contributed by atoms with Crippen molar-refractivity contribution >= 4 is 11.6 Å². The van der Waals surface area contributed by atoms with Gasteiger partial charge in [0, 0.05) is 17.6 Å². The summed E-state index contributed by atoms with van der Waals surface area (Å²) in [4.78, 5) is 2.14. The Bertz CT molecular complexity index is 390. The number of nitrogens with zero attached hydrogens (tertiary/aromatic N) is 1. The first kappa shape index (κ1) is 16.4. The highest BCUT2D eigenvalue weighted by atomic mass is 35.5. The van der Waals surface area contributed by atoms with Crippen molar-refractivity contribution in [2.45, 2.75) is 31.9 Å². The summed E-state index contributed by atoms with van der Waals surface area (Å²) >= 11 is 6.23. The molecule has 1 aromatic rings. The van der Waals surface area contributed by atoms with E-state index in [9.17, 15) is 5.11 Å². The number of benzene rings is 1. The summed E-state index contributed by atoms with van der Waals surface area (Å²) in [6.07, 6.45) is 0.951. The van der Waals surface area contributed by atoms with Gasteiger partial charge >= 0.3 is 0 Å². The molecular weight excluding hydrogens is 260 g/mol. The minimum atomic E-state index is -0.658. The lowest BCUT2D eigenvalue weighted by Gasteiger charge is -2.27. The number of halogens is 1. The largest absolute Gasteiger partial charge is 0.389 e. The van der Waals surface area contributed by atoms with E-state index in [1.165, 1.54) is 0 Å². The van der Waals surface area contributed by atoms with E-state index < -0.39 is 5.60 Å². The number of hydrogen-bond acceptors (Lipinski definition) is 3. The zero-order valence-corrected chi connectivity index (χ0v) is 13.0. The Morgan fingerprint density at radius 1 is 1.37 bits per heavy atom. The Balaban J connectivity index is 2.57. The van der Waals surface area contributed by atoms with Crippen LogP contribution in [-0.4, -0.2) is 42.8 Å². The summed E-state index contributed by atoms with van der Waals surface area (Å²) in [6.45, 7) is 5.22. The van der Waals surface area contributed by atoms with E-state index in [4.69, 9.17) is 11.6 Å². The summed E-state index contributed by atoms with van der Waals surface area (Å²) in [7, 11) is 3.97. The summed E-state index contributed by atoms with van der Waals surface area (Å²) in [5.74, 6) is 0. The number of hydrogen-bond donors (Lipinski definition) is 2. The molecular formula is C15H25ClN2O. The average Bonchev–Trinajstić information content (AvgIpc) is 2.29. The van der Waals surface area contributed by atoms with Crippen LogP contribution in [0.15, 0.2) is 24.3 Å². The fourth-order valence-electron chi connectivity index (χ4n) is 2.30. The van der Waals surface area contributed by atoms with Crippen LogP contribution >= 0.6 is 11.6 Å². The van der Waals surface area contributed by atoms with E-state index in [1.807, 2.05) is 46.1 Å². The highest BCUT2D eigenvalue weighted by Crippen LogP contribution is 2.24. The maximum absolute atomic E-state index is 9.79. The summed E-state index contributed by atoms with van der Waals surface area (Å²) < 4.78 is 0. The van der Waals surface area contributed by atoms with Gasteiger partial charge in [0.15, 0.2) is 0 Å². The molecule has 0 radical (unpaired) electrons. The van der Waals surface area contributed by atoms with Crippen LogP contribution in [-0.2, 0) is 0 Å². The van der Waals surface area contributed by atoms with Crippen molar-refractivity contribution in [1.29, 1.82) is 0 Å². The smallest absolute Gasteiger partial charge is 0.0718 e. The van der Waals surface area contributed by atoms with Gasteiger partial charge in [0.1, 0.15) is 0 Å². The maximum Gasteiger partial charge on any atom is 0.0718 e. The van der Waals surface area contributed by atoms with Crippen LogP contribution in [0.3, 0.4) is 0 Å². The van der Waals surface area contributed by atoms with Gasteiger partial charge in [0.25, 0.3) is 0 Å². The highest BCUT2D eigenvalue weighted by Gasteiger charge is 2.17. The SMILES string of the molecule is CNC(CCN(C)CC(C)(C)O)c1ccccc1Cl. The molecule has 0 fully saturated rings. The lowest BCUT2D eigenvalue weighted by atomic mass is 10.0. The van der Waals surface area contributed by atoms with Crippen molar-refractivity contribution in [2.24, 2.45) is 0 Å². The second-order valence-corrected chi connectivity index (χ2v) is 6.11. The minimum Gasteiger partial charge on any atom is -0.389 e. The molecule has 1 aromatic carbocycles.